The van der Waals surface area contributed by atoms with E-state index in [0.29, 0.717) is 0 Å². The van der Waals surface area contributed by atoms with Crippen molar-refractivity contribution in [2.75, 3.05) is 11.9 Å². The van der Waals surface area contributed by atoms with E-state index in [1.54, 1.807) is 6.20 Å². The number of para-hydroxylation sites is 1. The van der Waals surface area contributed by atoms with Crippen LogP contribution in [0.25, 0.3) is 10.9 Å². The number of nitrogens with one attached hydrogen (secondary N) is 1. The fraction of sp³-hybridized carbons (Fsp3) is 0.176. The molecule has 0 aliphatic carbocycles. The smallest absolute Gasteiger partial charge is 0.157 e. The Hall–Kier alpha value is -2.62. The summed E-state index contributed by atoms with van der Waals surface area (Å²) in [4.78, 5) is 0. The first kappa shape index (κ1) is 12.1. The zero-order valence-corrected chi connectivity index (χ0v) is 11.5. The third kappa shape index (κ3) is 2.18. The second-order valence-electron chi connectivity index (χ2n) is 5.15. The maximum absolute atomic E-state index is 6.13. The summed E-state index contributed by atoms with van der Waals surface area (Å²) in [5.41, 5.74) is 3.25. The van der Waals surface area contributed by atoms with Crippen LogP contribution in [0, 0.1) is 0 Å². The number of hydrogen-bond donors (Lipinski definition) is 1. The molecule has 3 aromatic rings. The number of benzene rings is 2. The van der Waals surface area contributed by atoms with Crippen molar-refractivity contribution in [2.45, 2.75) is 12.8 Å². The van der Waals surface area contributed by atoms with E-state index in [4.69, 9.17) is 4.74 Å². The minimum Gasteiger partial charge on any atom is -0.453 e. The highest BCUT2D eigenvalue weighted by molar-refractivity contribution is 5.84. The van der Waals surface area contributed by atoms with Crippen molar-refractivity contribution in [1.82, 2.24) is 10.2 Å². The Kier molecular flexibility index (Phi) is 2.92. The Morgan fingerprint density at radius 2 is 1.95 bits per heavy atom. The zero-order valence-electron chi connectivity index (χ0n) is 11.5. The highest BCUT2D eigenvalue weighted by Crippen LogP contribution is 2.36. The van der Waals surface area contributed by atoms with Gasteiger partial charge in [-0.3, -0.25) is 0 Å². The second kappa shape index (κ2) is 5.05. The van der Waals surface area contributed by atoms with Gasteiger partial charge in [0.1, 0.15) is 0 Å². The van der Waals surface area contributed by atoms with Gasteiger partial charge in [0.2, 0.25) is 0 Å². The second-order valence-corrected chi connectivity index (χ2v) is 5.15. The molecule has 0 atom stereocenters. The van der Waals surface area contributed by atoms with E-state index in [9.17, 15) is 0 Å². The normalized spacial score (nSPS) is 13.5. The van der Waals surface area contributed by atoms with Crippen molar-refractivity contribution in [2.24, 2.45) is 0 Å². The molecule has 0 fully saturated rings. The highest BCUT2D eigenvalue weighted by atomic mass is 16.5. The molecule has 1 aromatic heterocycles. The predicted molar refractivity (Wildman–Crippen MR) is 82.9 cm³/mol. The number of hydrogen-bond acceptors (Lipinski definition) is 4. The van der Waals surface area contributed by atoms with Gasteiger partial charge in [-0.2, -0.15) is 10.2 Å². The number of ether oxygens (including phenoxy) is 1. The van der Waals surface area contributed by atoms with E-state index in [0.717, 1.165) is 47.5 Å². The Balaban J connectivity index is 1.79. The van der Waals surface area contributed by atoms with Crippen molar-refractivity contribution < 1.29 is 4.74 Å². The quantitative estimate of drug-likeness (QED) is 0.774. The van der Waals surface area contributed by atoms with Gasteiger partial charge in [0.25, 0.3) is 0 Å². The lowest BCUT2D eigenvalue weighted by molar-refractivity contribution is 0.485. The minimum absolute atomic E-state index is 0.737. The first-order valence-corrected chi connectivity index (χ1v) is 7.16. The summed E-state index contributed by atoms with van der Waals surface area (Å²) >= 11 is 0. The van der Waals surface area contributed by atoms with Crippen LogP contribution in [-0.2, 0) is 6.42 Å². The van der Waals surface area contributed by atoms with Gasteiger partial charge in [0.15, 0.2) is 11.5 Å². The van der Waals surface area contributed by atoms with Crippen LogP contribution in [0.15, 0.2) is 48.7 Å². The summed E-state index contributed by atoms with van der Waals surface area (Å²) in [5, 5.41) is 12.6. The van der Waals surface area contributed by atoms with Gasteiger partial charge >= 0.3 is 0 Å². The van der Waals surface area contributed by atoms with Crippen LogP contribution < -0.4 is 10.1 Å². The average Bonchev–Trinajstić information content (AvgIpc) is 2.56. The third-order valence-electron chi connectivity index (χ3n) is 3.77. The van der Waals surface area contributed by atoms with Crippen molar-refractivity contribution in [3.8, 4) is 11.5 Å². The van der Waals surface area contributed by atoms with E-state index < -0.39 is 0 Å². The summed E-state index contributed by atoms with van der Waals surface area (Å²) in [6.45, 7) is 0.989. The number of anilines is 1. The molecule has 2 aromatic carbocycles. The van der Waals surface area contributed by atoms with Crippen molar-refractivity contribution in [3.05, 3.63) is 54.2 Å². The first-order valence-electron chi connectivity index (χ1n) is 7.16. The Bertz CT molecular complexity index is 796. The number of aryl methyl sites for hydroxylation is 1. The highest BCUT2D eigenvalue weighted by Gasteiger charge is 2.14. The van der Waals surface area contributed by atoms with Gasteiger partial charge in [-0.15, -0.1) is 0 Å². The van der Waals surface area contributed by atoms with Gasteiger partial charge < -0.3 is 10.1 Å². The molecule has 104 valence electrons. The average molecular weight is 277 g/mol. The standard InChI is InChI=1S/C17H15N3O/c1-2-8-14-13(7-1)16(11-19-20-14)21-15-9-3-5-12-6-4-10-18-17(12)15/h1-3,5,7-9,11,18H,4,6,10H2. The van der Waals surface area contributed by atoms with Gasteiger partial charge in [0.05, 0.1) is 17.4 Å². The van der Waals surface area contributed by atoms with Gasteiger partial charge in [-0.25, -0.2) is 0 Å². The summed E-state index contributed by atoms with van der Waals surface area (Å²) in [6, 6.07) is 14.1. The van der Waals surface area contributed by atoms with Crippen LogP contribution in [0.3, 0.4) is 0 Å². The summed E-state index contributed by atoms with van der Waals surface area (Å²) < 4.78 is 6.13. The van der Waals surface area contributed by atoms with E-state index in [1.807, 2.05) is 36.4 Å². The molecular weight excluding hydrogens is 262 g/mol. The van der Waals surface area contributed by atoms with Crippen molar-refractivity contribution in [3.63, 3.8) is 0 Å². The van der Waals surface area contributed by atoms with Crippen LogP contribution in [0.5, 0.6) is 11.5 Å². The molecule has 0 saturated heterocycles. The molecular formula is C17H15N3O. The van der Waals surface area contributed by atoms with Crippen LogP contribution in [0.1, 0.15) is 12.0 Å². The van der Waals surface area contributed by atoms with Crippen LogP contribution >= 0.6 is 0 Å². The van der Waals surface area contributed by atoms with Gasteiger partial charge in [-0.05, 0) is 36.6 Å². The van der Waals surface area contributed by atoms with Gasteiger partial charge in [-0.1, -0.05) is 24.3 Å². The molecule has 1 aliphatic heterocycles. The summed E-state index contributed by atoms with van der Waals surface area (Å²) in [7, 11) is 0. The zero-order chi connectivity index (χ0) is 14.1. The van der Waals surface area contributed by atoms with Crippen molar-refractivity contribution >= 4 is 16.6 Å². The maximum atomic E-state index is 6.13. The molecule has 0 radical (unpaired) electrons. The fourth-order valence-electron chi connectivity index (χ4n) is 2.74. The molecule has 21 heavy (non-hydrogen) atoms. The van der Waals surface area contributed by atoms with E-state index in [2.05, 4.69) is 21.6 Å². The first-order chi connectivity index (χ1) is 10.4. The molecule has 0 saturated carbocycles. The third-order valence-corrected chi connectivity index (χ3v) is 3.77. The number of rotatable bonds is 2. The lowest BCUT2D eigenvalue weighted by Crippen LogP contribution is -2.12. The molecule has 0 amide bonds. The van der Waals surface area contributed by atoms with Crippen LogP contribution in [0.4, 0.5) is 5.69 Å². The lowest BCUT2D eigenvalue weighted by Gasteiger charge is -2.21. The number of aromatic nitrogens is 2. The van der Waals surface area contributed by atoms with Crippen LogP contribution in [-0.4, -0.2) is 16.7 Å². The lowest BCUT2D eigenvalue weighted by atomic mass is 10.0. The van der Waals surface area contributed by atoms with E-state index in [-0.39, 0.29) is 0 Å². The maximum Gasteiger partial charge on any atom is 0.157 e. The molecule has 4 nitrogen and oxygen atoms in total. The molecule has 0 unspecified atom stereocenters. The molecule has 1 N–H and O–H groups in total. The number of fused-ring (bicyclic) bond motifs is 2. The van der Waals surface area contributed by atoms with Crippen LogP contribution in [0.2, 0.25) is 0 Å². The fourth-order valence-corrected chi connectivity index (χ4v) is 2.74. The topological polar surface area (TPSA) is 47.0 Å². The van der Waals surface area contributed by atoms with E-state index >= 15 is 0 Å². The Morgan fingerprint density at radius 3 is 2.95 bits per heavy atom. The molecule has 4 heteroatoms. The Labute approximate surface area is 122 Å². The molecule has 1 aliphatic rings. The molecule has 0 bridgehead atoms. The minimum atomic E-state index is 0.737. The summed E-state index contributed by atoms with van der Waals surface area (Å²) in [6.07, 6.45) is 3.93. The SMILES string of the molecule is c1cc2c(c(Oc3cnnc4ccccc34)c1)NCCC2. The summed E-state index contributed by atoms with van der Waals surface area (Å²) in [5.74, 6) is 1.59. The van der Waals surface area contributed by atoms with Crippen molar-refractivity contribution in [1.29, 1.82) is 0 Å². The largest absolute Gasteiger partial charge is 0.453 e. The van der Waals surface area contributed by atoms with E-state index in [1.165, 1.54) is 5.56 Å². The van der Waals surface area contributed by atoms with Gasteiger partial charge in [0, 0.05) is 11.9 Å². The molecule has 2 heterocycles. The Morgan fingerprint density at radius 1 is 1.00 bits per heavy atom. The number of nitrogens with zero attached hydrogens (tertiary/aromatic N) is 2. The molecule has 4 rings (SSSR count). The molecule has 0 spiro atoms. The monoisotopic (exact) mass is 277 g/mol. The predicted octanol–water partition coefficient (Wildman–Crippen LogP) is 3.78.